The Kier molecular flexibility index (Phi) is 4.97. The Morgan fingerprint density at radius 1 is 1.25 bits per heavy atom. The van der Waals surface area contributed by atoms with Crippen LogP contribution in [0.1, 0.15) is 11.4 Å². The van der Waals surface area contributed by atoms with Gasteiger partial charge in [-0.2, -0.15) is 0 Å². The number of hydrogen-bond donors (Lipinski definition) is 0. The van der Waals surface area contributed by atoms with Crippen LogP contribution in [0.25, 0.3) is 10.2 Å². The molecule has 2 heterocycles. The van der Waals surface area contributed by atoms with Gasteiger partial charge in [0.1, 0.15) is 12.4 Å². The van der Waals surface area contributed by atoms with E-state index in [0.29, 0.717) is 17.6 Å². The number of fused-ring (bicyclic) bond motifs is 1. The number of non-ortho nitro benzene ring substituents is 1. The number of nitrogens with zero attached hydrogens (tertiary/aromatic N) is 5. The highest BCUT2D eigenvalue weighted by Gasteiger charge is 2.15. The van der Waals surface area contributed by atoms with Crippen LogP contribution in [-0.2, 0) is 13.7 Å². The Morgan fingerprint density at radius 2 is 2.07 bits per heavy atom. The first kappa shape index (κ1) is 18.4. The van der Waals surface area contributed by atoms with Gasteiger partial charge in [-0.05, 0) is 36.4 Å². The second kappa shape index (κ2) is 7.56. The maximum absolute atomic E-state index is 10.9. The quantitative estimate of drug-likeness (QED) is 0.342. The summed E-state index contributed by atoms with van der Waals surface area (Å²) in [5.74, 6) is 1.51. The lowest BCUT2D eigenvalue weighted by Gasteiger charge is -2.08. The molecule has 0 aliphatic heterocycles. The minimum Gasteiger partial charge on any atom is -0.485 e. The van der Waals surface area contributed by atoms with Crippen molar-refractivity contribution in [2.45, 2.75) is 23.0 Å². The van der Waals surface area contributed by atoms with Gasteiger partial charge in [-0.15, -0.1) is 21.5 Å². The summed E-state index contributed by atoms with van der Waals surface area (Å²) < 4.78 is 9.21. The molecular formula is C18H15N5O3S2. The minimum absolute atomic E-state index is 0.0574. The van der Waals surface area contributed by atoms with Crippen LogP contribution in [0.15, 0.2) is 52.0 Å². The number of aryl methyl sites for hydroxylation is 1. The van der Waals surface area contributed by atoms with Gasteiger partial charge in [0.25, 0.3) is 5.69 Å². The molecule has 0 fully saturated rings. The van der Waals surface area contributed by atoms with Crippen molar-refractivity contribution in [2.75, 3.05) is 0 Å². The van der Waals surface area contributed by atoms with E-state index in [0.717, 1.165) is 25.9 Å². The molecular weight excluding hydrogens is 398 g/mol. The average molecular weight is 413 g/mol. The van der Waals surface area contributed by atoms with Crippen LogP contribution >= 0.6 is 23.1 Å². The van der Waals surface area contributed by atoms with Gasteiger partial charge < -0.3 is 9.30 Å². The van der Waals surface area contributed by atoms with Gasteiger partial charge in [-0.25, -0.2) is 4.98 Å². The van der Waals surface area contributed by atoms with E-state index in [9.17, 15) is 10.1 Å². The van der Waals surface area contributed by atoms with E-state index >= 15 is 0 Å². The van der Waals surface area contributed by atoms with E-state index in [4.69, 9.17) is 4.74 Å². The van der Waals surface area contributed by atoms with E-state index in [1.54, 1.807) is 6.07 Å². The lowest BCUT2D eigenvalue weighted by atomic mass is 10.2. The van der Waals surface area contributed by atoms with Crippen molar-refractivity contribution in [3.05, 3.63) is 64.0 Å². The van der Waals surface area contributed by atoms with E-state index in [1.807, 2.05) is 42.8 Å². The lowest BCUT2D eigenvalue weighted by Crippen LogP contribution is -2.04. The zero-order valence-corrected chi connectivity index (χ0v) is 16.7. The molecule has 0 amide bonds. The highest BCUT2D eigenvalue weighted by molar-refractivity contribution is 8.01. The molecule has 0 spiro atoms. The summed E-state index contributed by atoms with van der Waals surface area (Å²) >= 11 is 2.76. The van der Waals surface area contributed by atoms with Crippen LogP contribution in [0.2, 0.25) is 0 Å². The van der Waals surface area contributed by atoms with Gasteiger partial charge in [-0.3, -0.25) is 10.1 Å². The van der Waals surface area contributed by atoms with Gasteiger partial charge in [-0.1, -0.05) is 18.2 Å². The maximum Gasteiger partial charge on any atom is 0.270 e. The van der Waals surface area contributed by atoms with Crippen LogP contribution in [-0.4, -0.2) is 24.7 Å². The zero-order valence-electron chi connectivity index (χ0n) is 15.0. The van der Waals surface area contributed by atoms with Crippen molar-refractivity contribution in [1.82, 2.24) is 19.7 Å². The topological polar surface area (TPSA) is 96.0 Å². The molecule has 0 saturated carbocycles. The molecule has 0 atom stereocenters. The number of para-hydroxylation sites is 1. The number of benzene rings is 2. The van der Waals surface area contributed by atoms with Crippen LogP contribution in [0.3, 0.4) is 0 Å². The van der Waals surface area contributed by atoms with Gasteiger partial charge in [0.15, 0.2) is 15.3 Å². The number of thiazole rings is 1. The summed E-state index contributed by atoms with van der Waals surface area (Å²) in [6.07, 6.45) is 0. The zero-order chi connectivity index (χ0) is 19.7. The molecule has 0 bridgehead atoms. The van der Waals surface area contributed by atoms with E-state index in [-0.39, 0.29) is 5.69 Å². The van der Waals surface area contributed by atoms with Crippen LogP contribution in [0.5, 0.6) is 5.75 Å². The number of ether oxygens (including phenoxy) is 1. The first-order valence-electron chi connectivity index (χ1n) is 8.31. The third-order valence-electron chi connectivity index (χ3n) is 4.12. The number of aromatic nitrogens is 4. The Balaban J connectivity index is 1.50. The smallest absolute Gasteiger partial charge is 0.270 e. The van der Waals surface area contributed by atoms with Crippen LogP contribution in [0, 0.1) is 17.0 Å². The molecule has 8 nitrogen and oxygen atoms in total. The average Bonchev–Trinajstić information content (AvgIpc) is 3.24. The van der Waals surface area contributed by atoms with Crippen molar-refractivity contribution in [3.8, 4) is 5.75 Å². The Morgan fingerprint density at radius 3 is 2.86 bits per heavy atom. The second-order valence-corrected chi connectivity index (χ2v) is 8.25. The maximum atomic E-state index is 10.9. The Hall–Kier alpha value is -2.98. The highest BCUT2D eigenvalue weighted by atomic mass is 32.2. The molecule has 4 aromatic rings. The molecule has 0 saturated heterocycles. The fourth-order valence-electron chi connectivity index (χ4n) is 2.55. The molecule has 2 aromatic carbocycles. The predicted octanol–water partition coefficient (Wildman–Crippen LogP) is 4.37. The van der Waals surface area contributed by atoms with Gasteiger partial charge in [0, 0.05) is 19.2 Å². The molecule has 2 aromatic heterocycles. The molecule has 142 valence electrons. The minimum atomic E-state index is -0.407. The third-order valence-corrected chi connectivity index (χ3v) is 6.23. The van der Waals surface area contributed by atoms with E-state index in [2.05, 4.69) is 15.2 Å². The van der Waals surface area contributed by atoms with E-state index < -0.39 is 4.92 Å². The second-order valence-electron chi connectivity index (χ2n) is 6.00. The third kappa shape index (κ3) is 3.69. The molecule has 0 aliphatic carbocycles. The number of rotatable bonds is 6. The van der Waals surface area contributed by atoms with E-state index in [1.165, 1.54) is 35.2 Å². The first-order valence-corrected chi connectivity index (χ1v) is 9.94. The van der Waals surface area contributed by atoms with Crippen molar-refractivity contribution in [3.63, 3.8) is 0 Å². The predicted molar refractivity (Wildman–Crippen MR) is 107 cm³/mol. The summed E-state index contributed by atoms with van der Waals surface area (Å²) in [5.41, 5.74) is 1.84. The Bertz CT molecular complexity index is 1170. The van der Waals surface area contributed by atoms with Gasteiger partial charge in [0.05, 0.1) is 15.1 Å². The van der Waals surface area contributed by atoms with Crippen molar-refractivity contribution in [2.24, 2.45) is 7.05 Å². The fourth-order valence-corrected chi connectivity index (χ4v) is 4.56. The Labute approximate surface area is 168 Å². The van der Waals surface area contributed by atoms with Crippen molar-refractivity contribution < 1.29 is 9.66 Å². The highest BCUT2D eigenvalue weighted by Crippen LogP contribution is 2.35. The first-order chi connectivity index (χ1) is 13.5. The summed E-state index contributed by atoms with van der Waals surface area (Å²) in [6, 6.07) is 12.5. The largest absolute Gasteiger partial charge is 0.485 e. The van der Waals surface area contributed by atoms with Gasteiger partial charge >= 0.3 is 0 Å². The molecule has 0 aliphatic rings. The monoisotopic (exact) mass is 413 g/mol. The van der Waals surface area contributed by atoms with Gasteiger partial charge in [0.2, 0.25) is 0 Å². The lowest BCUT2D eigenvalue weighted by molar-refractivity contribution is -0.384. The van der Waals surface area contributed by atoms with Crippen molar-refractivity contribution in [1.29, 1.82) is 0 Å². The fraction of sp³-hybridized carbons (Fsp3) is 0.167. The molecule has 0 N–H and O–H groups in total. The summed E-state index contributed by atoms with van der Waals surface area (Å²) in [7, 11) is 1.87. The molecule has 28 heavy (non-hydrogen) atoms. The van der Waals surface area contributed by atoms with Crippen LogP contribution in [0.4, 0.5) is 5.69 Å². The summed E-state index contributed by atoms with van der Waals surface area (Å²) in [6.45, 7) is 2.30. The molecule has 0 radical (unpaired) electrons. The number of nitro benzene ring substituents is 1. The molecule has 10 heteroatoms. The number of nitro groups is 1. The standard InChI is InChI=1S/C18H15N5O3S2/c1-11-5-3-4-6-14(11)26-10-16-20-21-17(22(16)2)28-18-19-13-8-7-12(23(24)25)9-15(13)27-18/h3-9H,10H2,1-2H3. The van der Waals surface area contributed by atoms with Crippen LogP contribution < -0.4 is 4.74 Å². The summed E-state index contributed by atoms with van der Waals surface area (Å²) in [4.78, 5) is 15.0. The van der Waals surface area contributed by atoms with Crippen molar-refractivity contribution >= 4 is 39.0 Å². The molecule has 4 rings (SSSR count). The SMILES string of the molecule is Cc1ccccc1OCc1nnc(Sc2nc3ccc([N+](=O)[O-])cc3s2)n1C. The summed E-state index contributed by atoms with van der Waals surface area (Å²) in [5, 5.41) is 20.0. The molecule has 0 unspecified atom stereocenters. The number of hydrogen-bond acceptors (Lipinski definition) is 8. The normalized spacial score (nSPS) is 11.1.